The lowest BCUT2D eigenvalue weighted by molar-refractivity contribution is -0.128. The van der Waals surface area contributed by atoms with Crippen molar-refractivity contribution >= 4 is 23.4 Å². The van der Waals surface area contributed by atoms with E-state index in [2.05, 4.69) is 0 Å². The molecule has 0 heterocycles. The van der Waals surface area contributed by atoms with Crippen molar-refractivity contribution in [3.8, 4) is 0 Å². The summed E-state index contributed by atoms with van der Waals surface area (Å²) in [5, 5.41) is 0. The minimum absolute atomic E-state index is 0.0845. The SMILES string of the molecule is CCN(C(=O)CSc1ccc(N)cc1F)C1CC1. The molecule has 18 heavy (non-hydrogen) atoms. The predicted molar refractivity (Wildman–Crippen MR) is 71.9 cm³/mol. The Labute approximate surface area is 111 Å². The quantitative estimate of drug-likeness (QED) is 0.659. The van der Waals surface area contributed by atoms with Gasteiger partial charge in [-0.15, -0.1) is 11.8 Å². The number of nitrogens with zero attached hydrogens (tertiary/aromatic N) is 1. The molecule has 0 bridgehead atoms. The van der Waals surface area contributed by atoms with E-state index in [9.17, 15) is 9.18 Å². The summed E-state index contributed by atoms with van der Waals surface area (Å²) >= 11 is 1.23. The number of carbonyl (C=O) groups excluding carboxylic acids is 1. The number of nitrogen functional groups attached to an aromatic ring is 1. The Morgan fingerprint density at radius 1 is 1.56 bits per heavy atom. The van der Waals surface area contributed by atoms with Crippen LogP contribution in [0.25, 0.3) is 0 Å². The molecule has 0 spiro atoms. The van der Waals surface area contributed by atoms with Crippen LogP contribution >= 0.6 is 11.8 Å². The summed E-state index contributed by atoms with van der Waals surface area (Å²) in [7, 11) is 0. The van der Waals surface area contributed by atoms with Gasteiger partial charge < -0.3 is 10.6 Å². The molecule has 0 aliphatic heterocycles. The van der Waals surface area contributed by atoms with E-state index in [4.69, 9.17) is 5.73 Å². The lowest BCUT2D eigenvalue weighted by atomic mass is 10.3. The van der Waals surface area contributed by atoms with Crippen LogP contribution in [0.1, 0.15) is 19.8 Å². The monoisotopic (exact) mass is 268 g/mol. The summed E-state index contributed by atoms with van der Waals surface area (Å²) in [5.41, 5.74) is 5.88. The molecule has 0 aromatic heterocycles. The van der Waals surface area contributed by atoms with Crippen molar-refractivity contribution in [2.24, 2.45) is 0 Å². The number of halogens is 1. The lowest BCUT2D eigenvalue weighted by Gasteiger charge is -2.20. The standard InChI is InChI=1S/C13H17FN2OS/c1-2-16(10-4-5-10)13(17)8-18-12-6-3-9(15)7-11(12)14/h3,6-7,10H,2,4-5,8,15H2,1H3. The first-order valence-corrected chi connectivity index (χ1v) is 7.07. The maximum absolute atomic E-state index is 13.5. The van der Waals surface area contributed by atoms with Gasteiger partial charge in [0.05, 0.1) is 5.75 Å². The van der Waals surface area contributed by atoms with Crippen LogP contribution in [0.15, 0.2) is 23.1 Å². The fraction of sp³-hybridized carbons (Fsp3) is 0.462. The van der Waals surface area contributed by atoms with Crippen molar-refractivity contribution in [1.82, 2.24) is 4.90 Å². The summed E-state index contributed by atoms with van der Waals surface area (Å²) in [6, 6.07) is 4.97. The largest absolute Gasteiger partial charge is 0.399 e. The van der Waals surface area contributed by atoms with Gasteiger partial charge in [0.1, 0.15) is 5.82 Å². The van der Waals surface area contributed by atoms with Crippen molar-refractivity contribution < 1.29 is 9.18 Å². The molecule has 2 N–H and O–H groups in total. The molecule has 1 aliphatic carbocycles. The number of anilines is 1. The van der Waals surface area contributed by atoms with Gasteiger partial charge in [0.15, 0.2) is 0 Å². The number of carbonyl (C=O) groups is 1. The van der Waals surface area contributed by atoms with E-state index in [-0.39, 0.29) is 17.5 Å². The minimum atomic E-state index is -0.359. The second-order valence-corrected chi connectivity index (χ2v) is 5.41. The minimum Gasteiger partial charge on any atom is -0.399 e. The summed E-state index contributed by atoms with van der Waals surface area (Å²) < 4.78 is 13.5. The first-order chi connectivity index (χ1) is 8.61. The van der Waals surface area contributed by atoms with Crippen LogP contribution in [0.3, 0.4) is 0 Å². The second kappa shape index (κ2) is 5.61. The van der Waals surface area contributed by atoms with Gasteiger partial charge in [0, 0.05) is 23.2 Å². The molecular weight excluding hydrogens is 251 g/mol. The zero-order valence-electron chi connectivity index (χ0n) is 10.4. The van der Waals surface area contributed by atoms with E-state index in [1.165, 1.54) is 17.8 Å². The molecule has 1 saturated carbocycles. The van der Waals surface area contributed by atoms with E-state index in [1.807, 2.05) is 11.8 Å². The van der Waals surface area contributed by atoms with Crippen LogP contribution < -0.4 is 5.73 Å². The Morgan fingerprint density at radius 2 is 2.28 bits per heavy atom. The third-order valence-corrected chi connectivity index (χ3v) is 3.99. The van der Waals surface area contributed by atoms with E-state index < -0.39 is 0 Å². The summed E-state index contributed by atoms with van der Waals surface area (Å²) in [6.07, 6.45) is 2.20. The molecule has 5 heteroatoms. The third kappa shape index (κ3) is 3.16. The molecule has 2 rings (SSSR count). The number of hydrogen-bond acceptors (Lipinski definition) is 3. The first kappa shape index (κ1) is 13.2. The number of amides is 1. The van der Waals surface area contributed by atoms with E-state index in [0.717, 1.165) is 19.4 Å². The van der Waals surface area contributed by atoms with Crippen molar-refractivity contribution in [1.29, 1.82) is 0 Å². The smallest absolute Gasteiger partial charge is 0.233 e. The van der Waals surface area contributed by atoms with Crippen LogP contribution in [0.2, 0.25) is 0 Å². The average molecular weight is 268 g/mol. The molecule has 0 atom stereocenters. The Hall–Kier alpha value is -1.23. The van der Waals surface area contributed by atoms with E-state index in [0.29, 0.717) is 16.6 Å². The maximum atomic E-state index is 13.5. The third-order valence-electron chi connectivity index (χ3n) is 2.96. The summed E-state index contributed by atoms with van der Waals surface area (Å²) in [4.78, 5) is 14.3. The predicted octanol–water partition coefficient (Wildman–Crippen LogP) is 2.51. The van der Waals surface area contributed by atoms with Gasteiger partial charge >= 0.3 is 0 Å². The van der Waals surface area contributed by atoms with Crippen molar-refractivity contribution in [2.45, 2.75) is 30.7 Å². The number of rotatable bonds is 5. The van der Waals surface area contributed by atoms with Crippen LogP contribution in [0, 0.1) is 5.82 Å². The summed E-state index contributed by atoms with van der Waals surface area (Å²) in [5.74, 6) is 0.00837. The molecule has 1 aliphatic rings. The van der Waals surface area contributed by atoms with Crippen LogP contribution in [0.5, 0.6) is 0 Å². The van der Waals surface area contributed by atoms with E-state index in [1.54, 1.807) is 12.1 Å². The molecule has 0 unspecified atom stereocenters. The number of hydrogen-bond donors (Lipinski definition) is 1. The molecule has 0 saturated heterocycles. The van der Waals surface area contributed by atoms with Gasteiger partial charge in [-0.25, -0.2) is 4.39 Å². The Kier molecular flexibility index (Phi) is 4.11. The molecule has 1 aromatic rings. The molecule has 98 valence electrons. The number of nitrogens with two attached hydrogens (primary N) is 1. The fourth-order valence-corrected chi connectivity index (χ4v) is 2.69. The second-order valence-electron chi connectivity index (χ2n) is 4.39. The van der Waals surface area contributed by atoms with Crippen LogP contribution in [-0.2, 0) is 4.79 Å². The Morgan fingerprint density at radius 3 is 2.83 bits per heavy atom. The highest BCUT2D eigenvalue weighted by atomic mass is 32.2. The van der Waals surface area contributed by atoms with E-state index >= 15 is 0 Å². The number of benzene rings is 1. The van der Waals surface area contributed by atoms with Crippen LogP contribution in [-0.4, -0.2) is 29.1 Å². The highest BCUT2D eigenvalue weighted by molar-refractivity contribution is 8.00. The molecule has 1 fully saturated rings. The highest BCUT2D eigenvalue weighted by Crippen LogP contribution is 2.29. The van der Waals surface area contributed by atoms with Crippen LogP contribution in [0.4, 0.5) is 10.1 Å². The van der Waals surface area contributed by atoms with Gasteiger partial charge in [0.25, 0.3) is 0 Å². The molecule has 0 radical (unpaired) electrons. The average Bonchev–Trinajstić information content (AvgIpc) is 3.13. The molecule has 1 amide bonds. The lowest BCUT2D eigenvalue weighted by Crippen LogP contribution is -2.34. The van der Waals surface area contributed by atoms with Gasteiger partial charge in [-0.1, -0.05) is 0 Å². The Balaban J connectivity index is 1.92. The number of thioether (sulfide) groups is 1. The zero-order valence-corrected chi connectivity index (χ0v) is 11.2. The highest BCUT2D eigenvalue weighted by Gasteiger charge is 2.31. The molecular formula is C13H17FN2OS. The molecule has 3 nitrogen and oxygen atoms in total. The fourth-order valence-electron chi connectivity index (χ4n) is 1.88. The van der Waals surface area contributed by atoms with Crippen molar-refractivity contribution in [3.05, 3.63) is 24.0 Å². The maximum Gasteiger partial charge on any atom is 0.233 e. The first-order valence-electron chi connectivity index (χ1n) is 6.09. The molecule has 1 aromatic carbocycles. The summed E-state index contributed by atoms with van der Waals surface area (Å²) in [6.45, 7) is 2.71. The zero-order chi connectivity index (χ0) is 13.1. The van der Waals surface area contributed by atoms with Crippen molar-refractivity contribution in [2.75, 3.05) is 18.0 Å². The van der Waals surface area contributed by atoms with Gasteiger partial charge in [-0.2, -0.15) is 0 Å². The topological polar surface area (TPSA) is 46.3 Å². The van der Waals surface area contributed by atoms with Gasteiger partial charge in [0.2, 0.25) is 5.91 Å². The van der Waals surface area contributed by atoms with Gasteiger partial charge in [-0.05, 0) is 38.0 Å². The normalized spacial score (nSPS) is 14.6. The van der Waals surface area contributed by atoms with Crippen molar-refractivity contribution in [3.63, 3.8) is 0 Å². The van der Waals surface area contributed by atoms with Gasteiger partial charge in [-0.3, -0.25) is 4.79 Å². The Bertz CT molecular complexity index is 449.